The molecular formula is C23H26N2O6. The van der Waals surface area contributed by atoms with Gasteiger partial charge in [-0.3, -0.25) is 14.4 Å². The Morgan fingerprint density at radius 3 is 1.97 bits per heavy atom. The first kappa shape index (κ1) is 22.1. The summed E-state index contributed by atoms with van der Waals surface area (Å²) in [5, 5.41) is 0. The second-order valence-electron chi connectivity index (χ2n) is 7.13. The molecule has 164 valence electrons. The first-order valence-electron chi connectivity index (χ1n) is 10.0. The highest BCUT2D eigenvalue weighted by molar-refractivity contribution is 5.96. The lowest BCUT2D eigenvalue weighted by molar-refractivity contribution is -0.131. The molecule has 1 aliphatic rings. The number of methoxy groups -OCH3 is 2. The summed E-state index contributed by atoms with van der Waals surface area (Å²) >= 11 is 0. The molecule has 0 radical (unpaired) electrons. The maximum Gasteiger partial charge on any atom is 0.308 e. The van der Waals surface area contributed by atoms with Crippen molar-refractivity contribution >= 4 is 17.8 Å². The van der Waals surface area contributed by atoms with Gasteiger partial charge < -0.3 is 24.0 Å². The number of esters is 1. The van der Waals surface area contributed by atoms with Crippen molar-refractivity contribution in [2.75, 3.05) is 40.4 Å². The Morgan fingerprint density at radius 1 is 0.774 bits per heavy atom. The maximum absolute atomic E-state index is 13.0. The van der Waals surface area contributed by atoms with E-state index in [-0.39, 0.29) is 11.8 Å². The maximum atomic E-state index is 13.0. The molecule has 0 bridgehead atoms. The van der Waals surface area contributed by atoms with Gasteiger partial charge in [-0.25, -0.2) is 0 Å². The molecule has 1 saturated heterocycles. The van der Waals surface area contributed by atoms with Gasteiger partial charge in [0.1, 0.15) is 5.75 Å². The first-order valence-corrected chi connectivity index (χ1v) is 10.0. The lowest BCUT2D eigenvalue weighted by Gasteiger charge is -2.23. The van der Waals surface area contributed by atoms with Crippen LogP contribution in [0.2, 0.25) is 0 Å². The molecule has 1 aliphatic heterocycles. The fraction of sp³-hybridized carbons (Fsp3) is 0.348. The van der Waals surface area contributed by atoms with Crippen molar-refractivity contribution in [2.24, 2.45) is 0 Å². The summed E-state index contributed by atoms with van der Waals surface area (Å²) in [6.07, 6.45) is 0.661. The molecule has 8 nitrogen and oxygen atoms in total. The van der Waals surface area contributed by atoms with E-state index in [1.807, 2.05) is 0 Å². The number of ether oxygens (including phenoxy) is 3. The number of carbonyl (C=O) groups excluding carboxylic acids is 3. The van der Waals surface area contributed by atoms with E-state index in [1.54, 1.807) is 59.4 Å². The predicted octanol–water partition coefficient (Wildman–Crippen LogP) is 2.62. The molecule has 2 aromatic rings. The summed E-state index contributed by atoms with van der Waals surface area (Å²) in [4.78, 5) is 40.6. The zero-order valence-electron chi connectivity index (χ0n) is 17.9. The smallest absolute Gasteiger partial charge is 0.308 e. The van der Waals surface area contributed by atoms with Crippen LogP contribution in [0.3, 0.4) is 0 Å². The molecule has 0 saturated carbocycles. The van der Waals surface area contributed by atoms with Crippen molar-refractivity contribution in [3.63, 3.8) is 0 Å². The van der Waals surface area contributed by atoms with Gasteiger partial charge in [0.15, 0.2) is 11.5 Å². The predicted molar refractivity (Wildman–Crippen MR) is 114 cm³/mol. The van der Waals surface area contributed by atoms with Crippen molar-refractivity contribution in [1.82, 2.24) is 9.80 Å². The average Bonchev–Trinajstić information content (AvgIpc) is 3.03. The van der Waals surface area contributed by atoms with Crippen LogP contribution in [0.5, 0.6) is 17.2 Å². The number of hydrogen-bond acceptors (Lipinski definition) is 6. The van der Waals surface area contributed by atoms with Gasteiger partial charge in [0.25, 0.3) is 11.8 Å². The molecule has 3 rings (SSSR count). The number of amides is 2. The van der Waals surface area contributed by atoms with Gasteiger partial charge in [-0.15, -0.1) is 0 Å². The van der Waals surface area contributed by atoms with Crippen molar-refractivity contribution in [2.45, 2.75) is 13.3 Å². The van der Waals surface area contributed by atoms with Crippen LogP contribution in [0.1, 0.15) is 34.1 Å². The molecule has 0 aromatic heterocycles. The molecule has 2 aromatic carbocycles. The minimum absolute atomic E-state index is 0.118. The average molecular weight is 426 g/mol. The van der Waals surface area contributed by atoms with Crippen molar-refractivity contribution in [1.29, 1.82) is 0 Å². The molecule has 0 aliphatic carbocycles. The third-order valence-corrected chi connectivity index (χ3v) is 5.04. The molecule has 8 heteroatoms. The zero-order valence-corrected chi connectivity index (χ0v) is 17.9. The van der Waals surface area contributed by atoms with Crippen LogP contribution in [0.15, 0.2) is 42.5 Å². The summed E-state index contributed by atoms with van der Waals surface area (Å²) in [5.41, 5.74) is 0.949. The minimum atomic E-state index is -0.441. The highest BCUT2D eigenvalue weighted by Crippen LogP contribution is 2.28. The van der Waals surface area contributed by atoms with Crippen LogP contribution >= 0.6 is 0 Å². The quantitative estimate of drug-likeness (QED) is 0.540. The summed E-state index contributed by atoms with van der Waals surface area (Å²) in [6, 6.07) is 11.6. The molecule has 0 atom stereocenters. The summed E-state index contributed by atoms with van der Waals surface area (Å²) < 4.78 is 15.6. The van der Waals surface area contributed by atoms with Gasteiger partial charge in [0.2, 0.25) is 0 Å². The van der Waals surface area contributed by atoms with Crippen molar-refractivity contribution in [3.8, 4) is 17.2 Å². The van der Waals surface area contributed by atoms with E-state index in [0.717, 1.165) is 0 Å². The topological polar surface area (TPSA) is 85.4 Å². The molecule has 2 amide bonds. The fourth-order valence-corrected chi connectivity index (χ4v) is 3.52. The SMILES string of the molecule is COc1ccc(C(=O)N2CCCN(C(=O)c3cccc(OC(C)=O)c3)CC2)cc1OC. The van der Waals surface area contributed by atoms with Crippen molar-refractivity contribution in [3.05, 3.63) is 53.6 Å². The van der Waals surface area contributed by atoms with Gasteiger partial charge in [-0.1, -0.05) is 6.07 Å². The van der Waals surface area contributed by atoms with E-state index in [1.165, 1.54) is 14.0 Å². The molecule has 1 fully saturated rings. The van der Waals surface area contributed by atoms with Crippen LogP contribution in [-0.4, -0.2) is 68.0 Å². The standard InChI is InChI=1S/C23H26N2O6/c1-16(26)31-19-7-4-6-17(14-19)22(27)24-10-5-11-25(13-12-24)23(28)18-8-9-20(29-2)21(15-18)30-3/h4,6-9,14-15H,5,10-13H2,1-3H3. The van der Waals surface area contributed by atoms with Gasteiger partial charge in [0.05, 0.1) is 14.2 Å². The van der Waals surface area contributed by atoms with E-state index in [4.69, 9.17) is 14.2 Å². The lowest BCUT2D eigenvalue weighted by atomic mass is 10.1. The zero-order chi connectivity index (χ0) is 22.4. The minimum Gasteiger partial charge on any atom is -0.493 e. The largest absolute Gasteiger partial charge is 0.493 e. The third kappa shape index (κ3) is 5.33. The molecule has 0 N–H and O–H groups in total. The molecule has 1 heterocycles. The van der Waals surface area contributed by atoms with Gasteiger partial charge in [0, 0.05) is 44.2 Å². The number of nitrogens with zero attached hydrogens (tertiary/aromatic N) is 2. The second kappa shape index (κ2) is 9.97. The van der Waals surface area contributed by atoms with Crippen LogP contribution in [0.25, 0.3) is 0 Å². The van der Waals surface area contributed by atoms with Gasteiger partial charge in [-0.05, 0) is 42.8 Å². The summed E-state index contributed by atoms with van der Waals surface area (Å²) in [5.74, 6) is 0.666. The van der Waals surface area contributed by atoms with Crippen LogP contribution in [-0.2, 0) is 4.79 Å². The Labute approximate surface area is 181 Å². The van der Waals surface area contributed by atoms with Crippen LogP contribution < -0.4 is 14.2 Å². The van der Waals surface area contributed by atoms with E-state index in [2.05, 4.69) is 0 Å². The highest BCUT2D eigenvalue weighted by atomic mass is 16.5. The van der Waals surface area contributed by atoms with Crippen molar-refractivity contribution < 1.29 is 28.6 Å². The number of rotatable bonds is 5. The molecule has 31 heavy (non-hydrogen) atoms. The summed E-state index contributed by atoms with van der Waals surface area (Å²) in [7, 11) is 3.07. The molecule has 0 spiro atoms. The lowest BCUT2D eigenvalue weighted by Crippen LogP contribution is -2.37. The number of carbonyl (C=O) groups is 3. The highest BCUT2D eigenvalue weighted by Gasteiger charge is 2.24. The fourth-order valence-electron chi connectivity index (χ4n) is 3.52. The monoisotopic (exact) mass is 426 g/mol. The van der Waals surface area contributed by atoms with E-state index in [0.29, 0.717) is 61.0 Å². The van der Waals surface area contributed by atoms with Gasteiger partial charge in [-0.2, -0.15) is 0 Å². The summed E-state index contributed by atoms with van der Waals surface area (Å²) in [6.45, 7) is 3.22. The Morgan fingerprint density at radius 2 is 1.39 bits per heavy atom. The molecule has 0 unspecified atom stereocenters. The van der Waals surface area contributed by atoms with E-state index >= 15 is 0 Å². The Bertz CT molecular complexity index is 974. The second-order valence-corrected chi connectivity index (χ2v) is 7.13. The van der Waals surface area contributed by atoms with Crippen LogP contribution in [0, 0.1) is 0 Å². The number of benzene rings is 2. The van der Waals surface area contributed by atoms with Gasteiger partial charge >= 0.3 is 5.97 Å². The third-order valence-electron chi connectivity index (χ3n) is 5.04. The first-order chi connectivity index (χ1) is 14.9. The van der Waals surface area contributed by atoms with E-state index in [9.17, 15) is 14.4 Å². The Balaban J connectivity index is 1.68. The Hall–Kier alpha value is -3.55. The van der Waals surface area contributed by atoms with E-state index < -0.39 is 5.97 Å². The molecular weight excluding hydrogens is 400 g/mol. The van der Waals surface area contributed by atoms with Crippen LogP contribution in [0.4, 0.5) is 0 Å². The normalized spacial score (nSPS) is 13.9. The number of hydrogen-bond donors (Lipinski definition) is 0. The Kier molecular flexibility index (Phi) is 7.12.